The number of anilines is 1. The highest BCUT2D eigenvalue weighted by Gasteiger charge is 2.28. The summed E-state index contributed by atoms with van der Waals surface area (Å²) in [6, 6.07) is 8.04. The molecule has 1 aromatic carbocycles. The van der Waals surface area contributed by atoms with Gasteiger partial charge in [-0.1, -0.05) is 32.0 Å². The molecule has 1 unspecified atom stereocenters. The number of ether oxygens (including phenoxy) is 1. The Bertz CT molecular complexity index is 629. The fourth-order valence-electron chi connectivity index (χ4n) is 2.87. The Balaban J connectivity index is 2.05. The third kappa shape index (κ3) is 2.01. The van der Waals surface area contributed by atoms with Gasteiger partial charge in [-0.3, -0.25) is 0 Å². The van der Waals surface area contributed by atoms with Crippen LogP contribution >= 0.6 is 0 Å². The number of aromatic nitrogens is 2. The number of rotatable bonds is 2. The zero-order valence-corrected chi connectivity index (χ0v) is 12.1. The van der Waals surface area contributed by atoms with Crippen LogP contribution < -0.4 is 10.5 Å². The molecule has 1 aliphatic heterocycles. The van der Waals surface area contributed by atoms with Crippen LogP contribution in [0.5, 0.6) is 5.75 Å². The molecule has 1 aromatic heterocycles. The van der Waals surface area contributed by atoms with E-state index in [1.54, 1.807) is 0 Å². The van der Waals surface area contributed by atoms with Crippen LogP contribution in [-0.4, -0.2) is 16.6 Å². The number of nitrogen functional groups attached to an aromatic ring is 1. The maximum atomic E-state index is 6.12. The summed E-state index contributed by atoms with van der Waals surface area (Å²) in [4.78, 5) is 9.19. The Kier molecular flexibility index (Phi) is 3.08. The van der Waals surface area contributed by atoms with Gasteiger partial charge in [-0.15, -0.1) is 0 Å². The molecule has 0 saturated carbocycles. The number of hydrogen-bond donors (Lipinski definition) is 1. The molecule has 0 amide bonds. The second-order valence-corrected chi connectivity index (χ2v) is 5.52. The van der Waals surface area contributed by atoms with Crippen molar-refractivity contribution in [3.8, 4) is 5.75 Å². The van der Waals surface area contributed by atoms with Gasteiger partial charge in [0, 0.05) is 16.8 Å². The van der Waals surface area contributed by atoms with Crippen molar-refractivity contribution in [2.75, 3.05) is 12.3 Å². The molecule has 4 nitrogen and oxygen atoms in total. The number of hydrogen-bond acceptors (Lipinski definition) is 4. The molecule has 104 valence electrons. The van der Waals surface area contributed by atoms with Gasteiger partial charge < -0.3 is 10.5 Å². The maximum absolute atomic E-state index is 6.12. The smallest absolute Gasteiger partial charge is 0.142 e. The molecule has 2 aromatic rings. The van der Waals surface area contributed by atoms with E-state index in [0.717, 1.165) is 28.4 Å². The quantitative estimate of drug-likeness (QED) is 0.910. The van der Waals surface area contributed by atoms with Gasteiger partial charge in [0.1, 0.15) is 24.0 Å². The second-order valence-electron chi connectivity index (χ2n) is 5.52. The molecule has 2 heterocycles. The van der Waals surface area contributed by atoms with Gasteiger partial charge >= 0.3 is 0 Å². The van der Waals surface area contributed by atoms with Crippen LogP contribution in [0.1, 0.15) is 48.3 Å². The summed E-state index contributed by atoms with van der Waals surface area (Å²) in [6.45, 7) is 6.79. The van der Waals surface area contributed by atoms with Crippen LogP contribution in [0.4, 0.5) is 5.82 Å². The van der Waals surface area contributed by atoms with Crippen LogP contribution in [0.3, 0.4) is 0 Å². The molecule has 0 fully saturated rings. The molecular weight excluding hydrogens is 250 g/mol. The largest absolute Gasteiger partial charge is 0.492 e. The van der Waals surface area contributed by atoms with E-state index in [1.807, 2.05) is 25.1 Å². The minimum Gasteiger partial charge on any atom is -0.492 e. The van der Waals surface area contributed by atoms with Crippen LogP contribution in [-0.2, 0) is 0 Å². The van der Waals surface area contributed by atoms with Gasteiger partial charge in [0.05, 0.1) is 5.92 Å². The van der Waals surface area contributed by atoms with Crippen LogP contribution in [0.2, 0.25) is 0 Å². The molecule has 0 spiro atoms. The topological polar surface area (TPSA) is 61.0 Å². The fraction of sp³-hybridized carbons (Fsp3) is 0.375. The van der Waals surface area contributed by atoms with Crippen molar-refractivity contribution in [1.82, 2.24) is 9.97 Å². The summed E-state index contributed by atoms with van der Waals surface area (Å²) in [7, 11) is 0. The summed E-state index contributed by atoms with van der Waals surface area (Å²) < 4.78 is 5.70. The minimum absolute atomic E-state index is 0.0772. The predicted molar refractivity (Wildman–Crippen MR) is 79.1 cm³/mol. The molecule has 2 N–H and O–H groups in total. The zero-order chi connectivity index (χ0) is 14.3. The number of benzene rings is 1. The Hall–Kier alpha value is -2.10. The first-order valence-electron chi connectivity index (χ1n) is 6.93. The first-order valence-corrected chi connectivity index (χ1v) is 6.93. The second kappa shape index (κ2) is 4.78. The van der Waals surface area contributed by atoms with Crippen molar-refractivity contribution < 1.29 is 4.74 Å². The summed E-state index contributed by atoms with van der Waals surface area (Å²) in [5, 5.41) is 0. The molecule has 1 atom stereocenters. The highest BCUT2D eigenvalue weighted by atomic mass is 16.5. The van der Waals surface area contributed by atoms with Crippen LogP contribution in [0, 0.1) is 6.92 Å². The first-order chi connectivity index (χ1) is 9.58. The molecule has 0 radical (unpaired) electrons. The van der Waals surface area contributed by atoms with Gasteiger partial charge in [-0.2, -0.15) is 0 Å². The Morgan fingerprint density at radius 2 is 2.00 bits per heavy atom. The molecular formula is C16H19N3O. The van der Waals surface area contributed by atoms with E-state index in [9.17, 15) is 0 Å². The molecule has 1 aliphatic rings. The van der Waals surface area contributed by atoms with Gasteiger partial charge in [0.2, 0.25) is 0 Å². The number of nitrogens with zero attached hydrogens (tertiary/aromatic N) is 2. The Morgan fingerprint density at radius 1 is 1.25 bits per heavy atom. The Labute approximate surface area is 119 Å². The highest BCUT2D eigenvalue weighted by Crippen LogP contribution is 2.37. The van der Waals surface area contributed by atoms with Gasteiger partial charge in [0.15, 0.2) is 0 Å². The fourth-order valence-corrected chi connectivity index (χ4v) is 2.87. The lowest BCUT2D eigenvalue weighted by atomic mass is 9.98. The van der Waals surface area contributed by atoms with Crippen molar-refractivity contribution in [2.24, 2.45) is 0 Å². The van der Waals surface area contributed by atoms with E-state index < -0.39 is 0 Å². The van der Waals surface area contributed by atoms with Crippen molar-refractivity contribution >= 4 is 5.82 Å². The predicted octanol–water partition coefficient (Wildman–Crippen LogP) is 3.01. The normalized spacial score (nSPS) is 17.1. The lowest BCUT2D eigenvalue weighted by molar-refractivity contribution is 0.339. The van der Waals surface area contributed by atoms with Crippen molar-refractivity contribution in [2.45, 2.75) is 32.6 Å². The number of para-hydroxylation sites is 1. The minimum atomic E-state index is 0.0772. The maximum Gasteiger partial charge on any atom is 0.142 e. The van der Waals surface area contributed by atoms with E-state index in [2.05, 4.69) is 29.9 Å². The third-order valence-corrected chi connectivity index (χ3v) is 3.77. The molecule has 0 aliphatic carbocycles. The van der Waals surface area contributed by atoms with E-state index in [-0.39, 0.29) is 5.92 Å². The number of aryl methyl sites for hydroxylation is 1. The van der Waals surface area contributed by atoms with E-state index in [1.165, 1.54) is 0 Å². The Morgan fingerprint density at radius 3 is 2.70 bits per heavy atom. The average Bonchev–Trinajstić information content (AvgIpc) is 2.81. The molecule has 3 rings (SSSR count). The SMILES string of the molecule is Cc1nc(C2COc3ccccc32)nc(N)c1C(C)C. The first kappa shape index (κ1) is 12.9. The van der Waals surface area contributed by atoms with Crippen LogP contribution in [0.15, 0.2) is 24.3 Å². The van der Waals surface area contributed by atoms with Gasteiger partial charge in [0.25, 0.3) is 0 Å². The van der Waals surface area contributed by atoms with Gasteiger partial charge in [-0.05, 0) is 18.9 Å². The average molecular weight is 269 g/mol. The van der Waals surface area contributed by atoms with Crippen molar-refractivity contribution in [1.29, 1.82) is 0 Å². The third-order valence-electron chi connectivity index (χ3n) is 3.77. The van der Waals surface area contributed by atoms with Crippen LogP contribution in [0.25, 0.3) is 0 Å². The monoisotopic (exact) mass is 269 g/mol. The molecule has 0 saturated heterocycles. The summed E-state index contributed by atoms with van der Waals surface area (Å²) >= 11 is 0. The van der Waals surface area contributed by atoms with Gasteiger partial charge in [-0.25, -0.2) is 9.97 Å². The lowest BCUT2D eigenvalue weighted by Gasteiger charge is -2.15. The summed E-state index contributed by atoms with van der Waals surface area (Å²) in [5.41, 5.74) is 9.27. The van der Waals surface area contributed by atoms with E-state index >= 15 is 0 Å². The van der Waals surface area contributed by atoms with Crippen molar-refractivity contribution in [3.63, 3.8) is 0 Å². The summed E-state index contributed by atoms with van der Waals surface area (Å²) in [5.74, 6) is 2.68. The summed E-state index contributed by atoms with van der Waals surface area (Å²) in [6.07, 6.45) is 0. The lowest BCUT2D eigenvalue weighted by Crippen LogP contribution is -2.13. The molecule has 20 heavy (non-hydrogen) atoms. The molecule has 0 bridgehead atoms. The highest BCUT2D eigenvalue weighted by molar-refractivity contribution is 5.47. The number of nitrogens with two attached hydrogens (primary N) is 1. The molecule has 4 heteroatoms. The number of fused-ring (bicyclic) bond motifs is 1. The van der Waals surface area contributed by atoms with E-state index in [4.69, 9.17) is 10.5 Å². The van der Waals surface area contributed by atoms with Crippen molar-refractivity contribution in [3.05, 3.63) is 46.9 Å². The zero-order valence-electron chi connectivity index (χ0n) is 12.1. The standard InChI is InChI=1S/C16H19N3O/c1-9(2)14-10(3)18-16(19-15(14)17)12-8-20-13-7-5-4-6-11(12)13/h4-7,9,12H,8H2,1-3H3,(H2,17,18,19). The van der Waals surface area contributed by atoms with E-state index in [0.29, 0.717) is 18.3 Å².